The molecule has 23 heavy (non-hydrogen) atoms. The van der Waals surface area contributed by atoms with E-state index in [4.69, 9.17) is 16.1 Å². The molecule has 1 heterocycles. The number of aromatic nitrogens is 1. The van der Waals surface area contributed by atoms with Crippen LogP contribution in [-0.4, -0.2) is 21.6 Å². The smallest absolute Gasteiger partial charge is 0.335 e. The lowest BCUT2D eigenvalue weighted by molar-refractivity contribution is -0.114. The average Bonchev–Trinajstić information content (AvgIpc) is 2.78. The summed E-state index contributed by atoms with van der Waals surface area (Å²) in [6.07, 6.45) is 1.43. The summed E-state index contributed by atoms with van der Waals surface area (Å²) in [5.74, 6) is -1.79. The number of rotatable bonds is 4. The minimum Gasteiger partial charge on any atom is -0.478 e. The highest BCUT2D eigenvalue weighted by molar-refractivity contribution is 6.00. The van der Waals surface area contributed by atoms with E-state index in [1.807, 2.05) is 24.5 Å². The van der Waals surface area contributed by atoms with Crippen molar-refractivity contribution in [1.29, 1.82) is 5.26 Å². The SMILES string of the molecule is Cc1cc(/C=C(\C#N)C(N)=O)c(C)n1-c1cccc(C(=O)O)c1. The van der Waals surface area contributed by atoms with Crippen LogP contribution in [0.15, 0.2) is 35.9 Å². The summed E-state index contributed by atoms with van der Waals surface area (Å²) in [4.78, 5) is 22.3. The monoisotopic (exact) mass is 309 g/mol. The Hall–Kier alpha value is -3.33. The van der Waals surface area contributed by atoms with Crippen molar-refractivity contribution >= 4 is 18.0 Å². The van der Waals surface area contributed by atoms with Crippen LogP contribution in [0.25, 0.3) is 11.8 Å². The number of carbonyl (C=O) groups is 2. The Morgan fingerprint density at radius 2 is 2.00 bits per heavy atom. The molecule has 3 N–H and O–H groups in total. The number of nitrogens with zero attached hydrogens (tertiary/aromatic N) is 2. The lowest BCUT2D eigenvalue weighted by atomic mass is 10.1. The van der Waals surface area contributed by atoms with Crippen LogP contribution in [0.1, 0.15) is 27.3 Å². The van der Waals surface area contributed by atoms with Crippen molar-refractivity contribution in [3.8, 4) is 11.8 Å². The number of aromatic carboxylic acids is 1. The lowest BCUT2D eigenvalue weighted by Crippen LogP contribution is -2.12. The molecule has 116 valence electrons. The van der Waals surface area contributed by atoms with Crippen molar-refractivity contribution in [1.82, 2.24) is 4.57 Å². The molecular weight excluding hydrogens is 294 g/mol. The molecule has 2 aromatic rings. The van der Waals surface area contributed by atoms with Crippen LogP contribution in [0.3, 0.4) is 0 Å². The minimum absolute atomic E-state index is 0.135. The molecule has 0 spiro atoms. The van der Waals surface area contributed by atoms with E-state index in [2.05, 4.69) is 0 Å². The third kappa shape index (κ3) is 3.14. The van der Waals surface area contributed by atoms with Gasteiger partial charge in [-0.2, -0.15) is 5.26 Å². The highest BCUT2D eigenvalue weighted by Gasteiger charge is 2.13. The molecule has 0 aliphatic rings. The zero-order valence-electron chi connectivity index (χ0n) is 12.7. The van der Waals surface area contributed by atoms with Gasteiger partial charge in [0.2, 0.25) is 0 Å². The molecule has 0 bridgehead atoms. The molecule has 0 unspecified atom stereocenters. The predicted octanol–water partition coefficient (Wildman–Crippen LogP) is 2.18. The van der Waals surface area contributed by atoms with Crippen molar-refractivity contribution < 1.29 is 14.7 Å². The number of benzene rings is 1. The Morgan fingerprint density at radius 1 is 1.30 bits per heavy atom. The van der Waals surface area contributed by atoms with E-state index in [1.54, 1.807) is 24.3 Å². The van der Waals surface area contributed by atoms with E-state index in [0.717, 1.165) is 11.4 Å². The second-order valence-corrected chi connectivity index (χ2v) is 5.05. The van der Waals surface area contributed by atoms with Crippen LogP contribution >= 0.6 is 0 Å². The largest absolute Gasteiger partial charge is 0.478 e. The van der Waals surface area contributed by atoms with Gasteiger partial charge < -0.3 is 15.4 Å². The highest BCUT2D eigenvalue weighted by atomic mass is 16.4. The van der Waals surface area contributed by atoms with Crippen LogP contribution in [-0.2, 0) is 4.79 Å². The van der Waals surface area contributed by atoms with Crippen molar-refractivity contribution in [3.05, 3.63) is 58.4 Å². The van der Waals surface area contributed by atoms with Gasteiger partial charge in [0.05, 0.1) is 5.56 Å². The first-order valence-corrected chi connectivity index (χ1v) is 6.79. The van der Waals surface area contributed by atoms with Gasteiger partial charge in [-0.3, -0.25) is 4.79 Å². The second-order valence-electron chi connectivity index (χ2n) is 5.05. The fourth-order valence-electron chi connectivity index (χ4n) is 2.42. The fraction of sp³-hybridized carbons (Fsp3) is 0.118. The first kappa shape index (κ1) is 16.0. The normalized spacial score (nSPS) is 11.1. The van der Waals surface area contributed by atoms with Crippen LogP contribution in [0.4, 0.5) is 0 Å². The summed E-state index contributed by atoms with van der Waals surface area (Å²) < 4.78 is 1.86. The number of nitrogens with two attached hydrogens (primary N) is 1. The van der Waals surface area contributed by atoms with E-state index in [0.29, 0.717) is 11.3 Å². The van der Waals surface area contributed by atoms with Crippen molar-refractivity contribution in [2.75, 3.05) is 0 Å². The van der Waals surface area contributed by atoms with Crippen LogP contribution in [0, 0.1) is 25.2 Å². The standard InChI is InChI=1S/C17H15N3O3/c1-10-6-13(7-14(9-18)16(19)21)11(2)20(10)15-5-3-4-12(8-15)17(22)23/h3-8H,1-2H3,(H2,19,21)(H,22,23)/b14-7+. The summed E-state index contributed by atoms with van der Waals surface area (Å²) >= 11 is 0. The zero-order valence-corrected chi connectivity index (χ0v) is 12.7. The number of carboxylic acids is 1. The molecule has 2 rings (SSSR count). The molecule has 0 atom stereocenters. The number of primary amides is 1. The first-order valence-electron chi connectivity index (χ1n) is 6.79. The summed E-state index contributed by atoms with van der Waals surface area (Å²) in [7, 11) is 0. The van der Waals surface area contributed by atoms with Gasteiger partial charge in [-0.15, -0.1) is 0 Å². The fourth-order valence-corrected chi connectivity index (χ4v) is 2.42. The Labute approximate surface area is 133 Å². The summed E-state index contributed by atoms with van der Waals surface area (Å²) in [5.41, 5.74) is 8.19. The summed E-state index contributed by atoms with van der Waals surface area (Å²) in [6, 6.07) is 10.1. The molecule has 0 aliphatic carbocycles. The molecule has 0 fully saturated rings. The van der Waals surface area contributed by atoms with Crippen LogP contribution < -0.4 is 5.73 Å². The van der Waals surface area contributed by atoms with Gasteiger partial charge in [0.1, 0.15) is 11.6 Å². The minimum atomic E-state index is -1.00. The number of nitriles is 1. The topological polar surface area (TPSA) is 109 Å². The maximum absolute atomic E-state index is 11.2. The third-order valence-corrected chi connectivity index (χ3v) is 3.51. The average molecular weight is 309 g/mol. The number of hydrogen-bond acceptors (Lipinski definition) is 3. The first-order chi connectivity index (χ1) is 10.8. The molecule has 0 saturated carbocycles. The molecule has 0 radical (unpaired) electrons. The molecule has 6 nitrogen and oxygen atoms in total. The van der Waals surface area contributed by atoms with E-state index in [9.17, 15) is 9.59 Å². The van der Waals surface area contributed by atoms with Gasteiger partial charge in [0.25, 0.3) is 5.91 Å². The molecular formula is C17H15N3O3. The number of carbonyl (C=O) groups excluding carboxylic acids is 1. The van der Waals surface area contributed by atoms with Gasteiger partial charge in [-0.1, -0.05) is 6.07 Å². The third-order valence-electron chi connectivity index (χ3n) is 3.51. The Balaban J connectivity index is 2.59. The molecule has 1 aromatic carbocycles. The Bertz CT molecular complexity index is 870. The molecule has 1 aromatic heterocycles. The van der Waals surface area contributed by atoms with Crippen LogP contribution in [0.2, 0.25) is 0 Å². The highest BCUT2D eigenvalue weighted by Crippen LogP contribution is 2.23. The second kappa shape index (κ2) is 6.20. The van der Waals surface area contributed by atoms with Gasteiger partial charge in [0, 0.05) is 17.1 Å². The summed E-state index contributed by atoms with van der Waals surface area (Å²) in [6.45, 7) is 3.68. The predicted molar refractivity (Wildman–Crippen MR) is 85.0 cm³/mol. The maximum Gasteiger partial charge on any atom is 0.335 e. The maximum atomic E-state index is 11.2. The van der Waals surface area contributed by atoms with E-state index in [-0.39, 0.29) is 11.1 Å². The number of carboxylic acid groups (broad SMARTS) is 1. The molecule has 0 saturated heterocycles. The number of aryl methyl sites for hydroxylation is 1. The lowest BCUT2D eigenvalue weighted by Gasteiger charge is -2.10. The van der Waals surface area contributed by atoms with Gasteiger partial charge in [-0.25, -0.2) is 4.79 Å². The quantitative estimate of drug-likeness (QED) is 0.666. The van der Waals surface area contributed by atoms with Crippen LogP contribution in [0.5, 0.6) is 0 Å². The molecule has 0 aliphatic heterocycles. The van der Waals surface area contributed by atoms with E-state index in [1.165, 1.54) is 12.1 Å². The van der Waals surface area contributed by atoms with Crippen molar-refractivity contribution in [2.45, 2.75) is 13.8 Å². The van der Waals surface area contributed by atoms with E-state index < -0.39 is 11.9 Å². The molecule has 1 amide bonds. The zero-order chi connectivity index (χ0) is 17.1. The Morgan fingerprint density at radius 3 is 2.57 bits per heavy atom. The van der Waals surface area contributed by atoms with Gasteiger partial charge in [0.15, 0.2) is 0 Å². The number of hydrogen-bond donors (Lipinski definition) is 2. The van der Waals surface area contributed by atoms with Crippen molar-refractivity contribution in [2.24, 2.45) is 5.73 Å². The summed E-state index contributed by atoms with van der Waals surface area (Å²) in [5, 5.41) is 18.1. The molecule has 6 heteroatoms. The van der Waals surface area contributed by atoms with Gasteiger partial charge in [-0.05, 0) is 49.8 Å². The van der Waals surface area contributed by atoms with E-state index >= 15 is 0 Å². The van der Waals surface area contributed by atoms with Crippen molar-refractivity contribution in [3.63, 3.8) is 0 Å². The van der Waals surface area contributed by atoms with Gasteiger partial charge >= 0.3 is 5.97 Å². The Kier molecular flexibility index (Phi) is 4.32. The number of amides is 1.